The Bertz CT molecular complexity index is 643. The summed E-state index contributed by atoms with van der Waals surface area (Å²) >= 11 is 0. The first-order valence-electron chi connectivity index (χ1n) is 8.27. The summed E-state index contributed by atoms with van der Waals surface area (Å²) in [5.74, 6) is -0.371. The van der Waals surface area contributed by atoms with Gasteiger partial charge in [0, 0.05) is 24.6 Å². The molecule has 0 unspecified atom stereocenters. The lowest BCUT2D eigenvalue weighted by Gasteiger charge is -2.33. The number of halogens is 1. The molecule has 1 amide bonds. The number of carbonyl (C=O) groups excluding carboxylic acids is 2. The van der Waals surface area contributed by atoms with E-state index in [2.05, 4.69) is 0 Å². The molecule has 23 heavy (non-hydrogen) atoms. The SMILES string of the molecule is C[C@@H]1CCCCN1C(=O)COc1ccc(F)c2c1C(=O)C[C@@H]2C. The number of Topliss-reactive ketones (excluding diaryl/α,β-unsaturated/α-hetero) is 1. The Balaban J connectivity index is 1.74. The first-order valence-corrected chi connectivity index (χ1v) is 8.27. The fraction of sp³-hybridized carbons (Fsp3) is 0.556. The third-order valence-corrected chi connectivity index (χ3v) is 4.89. The van der Waals surface area contributed by atoms with Crippen LogP contribution in [0.25, 0.3) is 0 Å². The van der Waals surface area contributed by atoms with Crippen molar-refractivity contribution in [3.05, 3.63) is 29.1 Å². The normalized spacial score (nSPS) is 23.8. The Labute approximate surface area is 135 Å². The van der Waals surface area contributed by atoms with Gasteiger partial charge in [-0.3, -0.25) is 9.59 Å². The van der Waals surface area contributed by atoms with E-state index in [4.69, 9.17) is 4.74 Å². The topological polar surface area (TPSA) is 46.6 Å². The molecule has 5 heteroatoms. The summed E-state index contributed by atoms with van der Waals surface area (Å²) < 4.78 is 19.6. The van der Waals surface area contributed by atoms with Crippen LogP contribution in [0.4, 0.5) is 4.39 Å². The summed E-state index contributed by atoms with van der Waals surface area (Å²) in [4.78, 5) is 26.3. The highest BCUT2D eigenvalue weighted by molar-refractivity contribution is 6.03. The van der Waals surface area contributed by atoms with Crippen LogP contribution in [0.15, 0.2) is 12.1 Å². The van der Waals surface area contributed by atoms with Crippen LogP contribution in [0.1, 0.15) is 61.4 Å². The van der Waals surface area contributed by atoms with Crippen LogP contribution in [-0.4, -0.2) is 35.8 Å². The maximum absolute atomic E-state index is 14.0. The zero-order chi connectivity index (χ0) is 16.6. The van der Waals surface area contributed by atoms with Gasteiger partial charge in [-0.25, -0.2) is 4.39 Å². The second-order valence-corrected chi connectivity index (χ2v) is 6.58. The average molecular weight is 319 g/mol. The first kappa shape index (κ1) is 16.0. The van der Waals surface area contributed by atoms with Crippen molar-refractivity contribution >= 4 is 11.7 Å². The first-order chi connectivity index (χ1) is 11.0. The third kappa shape index (κ3) is 2.96. The summed E-state index contributed by atoms with van der Waals surface area (Å²) in [6.07, 6.45) is 3.46. The molecule has 0 aromatic heterocycles. The Kier molecular flexibility index (Phi) is 4.37. The monoisotopic (exact) mass is 319 g/mol. The predicted octanol–water partition coefficient (Wildman–Crippen LogP) is 3.30. The Morgan fingerprint density at radius 2 is 2.13 bits per heavy atom. The maximum atomic E-state index is 14.0. The van der Waals surface area contributed by atoms with Crippen molar-refractivity contribution < 1.29 is 18.7 Å². The molecule has 1 heterocycles. The number of hydrogen-bond donors (Lipinski definition) is 0. The van der Waals surface area contributed by atoms with Crippen LogP contribution < -0.4 is 4.74 Å². The number of rotatable bonds is 3. The number of nitrogens with zero attached hydrogens (tertiary/aromatic N) is 1. The Morgan fingerprint density at radius 1 is 1.35 bits per heavy atom. The smallest absolute Gasteiger partial charge is 0.260 e. The van der Waals surface area contributed by atoms with Gasteiger partial charge >= 0.3 is 0 Å². The zero-order valence-electron chi connectivity index (χ0n) is 13.6. The lowest BCUT2D eigenvalue weighted by molar-refractivity contribution is -0.136. The minimum atomic E-state index is -0.373. The number of carbonyl (C=O) groups is 2. The van der Waals surface area contributed by atoms with Crippen LogP contribution in [-0.2, 0) is 4.79 Å². The predicted molar refractivity (Wildman–Crippen MR) is 84.3 cm³/mol. The van der Waals surface area contributed by atoms with Gasteiger partial charge in [-0.1, -0.05) is 6.92 Å². The third-order valence-electron chi connectivity index (χ3n) is 4.89. The molecule has 124 valence electrons. The van der Waals surface area contributed by atoms with Crippen molar-refractivity contribution in [2.75, 3.05) is 13.2 Å². The summed E-state index contributed by atoms with van der Waals surface area (Å²) in [7, 11) is 0. The van der Waals surface area contributed by atoms with E-state index in [0.717, 1.165) is 25.8 Å². The van der Waals surface area contributed by atoms with Crippen LogP contribution in [0.3, 0.4) is 0 Å². The van der Waals surface area contributed by atoms with Crippen LogP contribution in [0.5, 0.6) is 5.75 Å². The molecule has 1 aliphatic carbocycles. The number of fused-ring (bicyclic) bond motifs is 1. The van der Waals surface area contributed by atoms with Crippen molar-refractivity contribution in [1.82, 2.24) is 4.90 Å². The van der Waals surface area contributed by atoms with Gasteiger partial charge in [-0.15, -0.1) is 0 Å². The molecule has 4 nitrogen and oxygen atoms in total. The van der Waals surface area contributed by atoms with Gasteiger partial charge in [0.2, 0.25) is 0 Å². The molecule has 0 radical (unpaired) electrons. The maximum Gasteiger partial charge on any atom is 0.260 e. The molecular weight excluding hydrogens is 297 g/mol. The van der Waals surface area contributed by atoms with Gasteiger partial charge in [0.15, 0.2) is 12.4 Å². The number of ketones is 1. The van der Waals surface area contributed by atoms with Crippen molar-refractivity contribution in [2.45, 2.75) is 51.5 Å². The zero-order valence-corrected chi connectivity index (χ0v) is 13.6. The molecule has 0 spiro atoms. The van der Waals surface area contributed by atoms with Crippen LogP contribution >= 0.6 is 0 Å². The van der Waals surface area contributed by atoms with Gasteiger partial charge in [0.05, 0.1) is 5.56 Å². The van der Waals surface area contributed by atoms with Gasteiger partial charge in [0.25, 0.3) is 5.91 Å². The second kappa shape index (κ2) is 6.30. The molecule has 1 aromatic carbocycles. The molecule has 3 rings (SSSR count). The fourth-order valence-electron chi connectivity index (χ4n) is 3.64. The van der Waals surface area contributed by atoms with E-state index in [9.17, 15) is 14.0 Å². The standard InChI is InChI=1S/C18H22FNO3/c1-11-9-14(21)18-15(7-6-13(19)17(11)18)23-10-16(22)20-8-4-3-5-12(20)2/h6-7,11-12H,3-5,8-10H2,1-2H3/t11-,12+/m0/s1. The van der Waals surface area contributed by atoms with Crippen molar-refractivity contribution in [3.8, 4) is 5.75 Å². The highest BCUT2D eigenvalue weighted by Crippen LogP contribution is 2.39. The molecule has 0 N–H and O–H groups in total. The molecule has 0 bridgehead atoms. The summed E-state index contributed by atoms with van der Waals surface area (Å²) in [6.45, 7) is 4.51. The van der Waals surface area contributed by atoms with E-state index in [-0.39, 0.29) is 36.1 Å². The van der Waals surface area contributed by atoms with E-state index >= 15 is 0 Å². The second-order valence-electron chi connectivity index (χ2n) is 6.58. The lowest BCUT2D eigenvalue weighted by atomic mass is 10.0. The number of piperidine rings is 1. The molecule has 1 aromatic rings. The molecule has 1 fully saturated rings. The minimum absolute atomic E-state index is 0.0752. The molecule has 0 saturated carbocycles. The van der Waals surface area contributed by atoms with Crippen LogP contribution in [0, 0.1) is 5.82 Å². The van der Waals surface area contributed by atoms with E-state index < -0.39 is 0 Å². The number of ether oxygens (including phenoxy) is 1. The number of hydrogen-bond acceptors (Lipinski definition) is 3. The van der Waals surface area contributed by atoms with Gasteiger partial charge in [-0.05, 0) is 44.2 Å². The molecular formula is C18H22FNO3. The average Bonchev–Trinajstić information content (AvgIpc) is 2.83. The number of benzene rings is 1. The van der Waals surface area contributed by atoms with Gasteiger partial charge in [0.1, 0.15) is 11.6 Å². The van der Waals surface area contributed by atoms with Crippen molar-refractivity contribution in [1.29, 1.82) is 0 Å². The number of amides is 1. The van der Waals surface area contributed by atoms with E-state index in [1.165, 1.54) is 12.1 Å². The Morgan fingerprint density at radius 3 is 2.87 bits per heavy atom. The van der Waals surface area contributed by atoms with E-state index in [1.807, 2.05) is 18.7 Å². The highest BCUT2D eigenvalue weighted by Gasteiger charge is 2.33. The van der Waals surface area contributed by atoms with E-state index in [1.54, 1.807) is 0 Å². The van der Waals surface area contributed by atoms with Gasteiger partial charge < -0.3 is 9.64 Å². The summed E-state index contributed by atoms with van der Waals surface area (Å²) in [6, 6.07) is 2.99. The minimum Gasteiger partial charge on any atom is -0.483 e. The molecule has 2 aliphatic rings. The van der Waals surface area contributed by atoms with Gasteiger partial charge in [-0.2, -0.15) is 0 Å². The fourth-order valence-corrected chi connectivity index (χ4v) is 3.64. The van der Waals surface area contributed by atoms with Crippen molar-refractivity contribution in [3.63, 3.8) is 0 Å². The quantitative estimate of drug-likeness (QED) is 0.859. The summed E-state index contributed by atoms with van der Waals surface area (Å²) in [5, 5.41) is 0. The van der Waals surface area contributed by atoms with E-state index in [0.29, 0.717) is 23.3 Å². The van der Waals surface area contributed by atoms with Crippen LogP contribution in [0.2, 0.25) is 0 Å². The molecule has 1 aliphatic heterocycles. The lowest BCUT2D eigenvalue weighted by Crippen LogP contribution is -2.44. The molecule has 2 atom stereocenters. The number of likely N-dealkylation sites (tertiary alicyclic amines) is 1. The molecule has 1 saturated heterocycles. The summed E-state index contributed by atoms with van der Waals surface area (Å²) in [5.41, 5.74) is 0.739. The largest absolute Gasteiger partial charge is 0.483 e. The van der Waals surface area contributed by atoms with Crippen molar-refractivity contribution in [2.24, 2.45) is 0 Å². The Hall–Kier alpha value is -1.91. The highest BCUT2D eigenvalue weighted by atomic mass is 19.1.